The van der Waals surface area contributed by atoms with E-state index in [2.05, 4.69) is 5.32 Å². The van der Waals surface area contributed by atoms with Crippen molar-refractivity contribution in [3.8, 4) is 0 Å². The second-order valence-electron chi connectivity index (χ2n) is 8.11. The normalized spacial score (nSPS) is 15.7. The smallest absolute Gasteiger partial charge is 0.247 e. The number of nitrogens with one attached hydrogen (secondary N) is 1. The van der Waals surface area contributed by atoms with Crippen LogP contribution in [0.1, 0.15) is 55.7 Å². The number of benzene rings is 2. The minimum Gasteiger partial charge on any atom is -0.351 e. The van der Waals surface area contributed by atoms with Crippen molar-refractivity contribution in [3.63, 3.8) is 0 Å². The monoisotopic (exact) mass is 460 g/mol. The highest BCUT2D eigenvalue weighted by molar-refractivity contribution is 6.30. The molecule has 2 aromatic rings. The summed E-state index contributed by atoms with van der Waals surface area (Å²) in [4.78, 5) is 28.0. The van der Waals surface area contributed by atoms with Gasteiger partial charge in [0.05, 0.1) is 0 Å². The number of carbonyl (C=O) groups excluding carboxylic acids is 2. The molecule has 0 heterocycles. The van der Waals surface area contributed by atoms with Crippen LogP contribution in [0.15, 0.2) is 54.6 Å². The van der Waals surface area contributed by atoms with E-state index in [0.717, 1.165) is 36.8 Å². The molecule has 1 atom stereocenters. The summed E-state index contributed by atoms with van der Waals surface area (Å²) >= 11 is 12.0. The van der Waals surface area contributed by atoms with E-state index in [-0.39, 0.29) is 23.7 Å². The van der Waals surface area contributed by atoms with Crippen molar-refractivity contribution in [2.45, 2.75) is 57.0 Å². The summed E-state index contributed by atoms with van der Waals surface area (Å²) in [6.45, 7) is 0.404. The van der Waals surface area contributed by atoms with Crippen LogP contribution in [-0.2, 0) is 16.0 Å². The predicted octanol–water partition coefficient (Wildman–Crippen LogP) is 5.53. The molecule has 6 heteroatoms. The number of halogens is 2. The molecular weight excluding hydrogens is 431 g/mol. The van der Waals surface area contributed by atoms with Gasteiger partial charge in [-0.25, -0.2) is 0 Å². The minimum absolute atomic E-state index is 0.145. The Morgan fingerprint density at radius 2 is 1.61 bits per heavy atom. The lowest BCUT2D eigenvalue weighted by molar-refractivity contribution is -0.139. The van der Waals surface area contributed by atoms with Gasteiger partial charge in [0, 0.05) is 17.6 Å². The van der Waals surface area contributed by atoms with Gasteiger partial charge in [-0.15, -0.1) is 11.6 Å². The SMILES string of the molecule is O=C(NC1CCCCCC1)[C@@H](c1ccc(Cl)cc1)N(CCc1ccccc1)C(=O)CCl. The number of alkyl halides is 1. The molecule has 0 radical (unpaired) electrons. The van der Waals surface area contributed by atoms with Gasteiger partial charge in [0.1, 0.15) is 11.9 Å². The second kappa shape index (κ2) is 12.1. The molecule has 1 saturated carbocycles. The summed E-state index contributed by atoms with van der Waals surface area (Å²) in [5.41, 5.74) is 1.84. The Morgan fingerprint density at radius 3 is 2.23 bits per heavy atom. The summed E-state index contributed by atoms with van der Waals surface area (Å²) in [6.07, 6.45) is 7.26. The highest BCUT2D eigenvalue weighted by atomic mass is 35.5. The van der Waals surface area contributed by atoms with Gasteiger partial charge in [-0.3, -0.25) is 9.59 Å². The van der Waals surface area contributed by atoms with Crippen LogP contribution in [0.4, 0.5) is 0 Å². The lowest BCUT2D eigenvalue weighted by atomic mass is 10.0. The number of amides is 2. The van der Waals surface area contributed by atoms with Gasteiger partial charge in [0.25, 0.3) is 0 Å². The zero-order valence-corrected chi connectivity index (χ0v) is 19.2. The summed E-state index contributed by atoms with van der Waals surface area (Å²) in [5.74, 6) is -0.579. The maximum absolute atomic E-state index is 13.5. The minimum atomic E-state index is -0.740. The van der Waals surface area contributed by atoms with E-state index in [0.29, 0.717) is 18.0 Å². The number of hydrogen-bond acceptors (Lipinski definition) is 2. The maximum atomic E-state index is 13.5. The Kier molecular flexibility index (Phi) is 9.23. The predicted molar refractivity (Wildman–Crippen MR) is 126 cm³/mol. The molecule has 3 rings (SSSR count). The number of rotatable bonds is 8. The molecule has 31 heavy (non-hydrogen) atoms. The van der Waals surface area contributed by atoms with Crippen molar-refractivity contribution in [1.29, 1.82) is 0 Å². The fourth-order valence-electron chi connectivity index (χ4n) is 4.19. The molecule has 2 aromatic carbocycles. The highest BCUT2D eigenvalue weighted by Gasteiger charge is 2.32. The number of nitrogens with zero attached hydrogens (tertiary/aromatic N) is 1. The fourth-order valence-corrected chi connectivity index (χ4v) is 4.47. The molecule has 1 aliphatic carbocycles. The fraction of sp³-hybridized carbons (Fsp3) is 0.440. The first-order valence-corrected chi connectivity index (χ1v) is 11.9. The van der Waals surface area contributed by atoms with Gasteiger partial charge in [-0.2, -0.15) is 0 Å². The largest absolute Gasteiger partial charge is 0.351 e. The van der Waals surface area contributed by atoms with Crippen LogP contribution in [0, 0.1) is 0 Å². The zero-order valence-electron chi connectivity index (χ0n) is 17.7. The molecule has 0 unspecified atom stereocenters. The molecule has 0 aliphatic heterocycles. The Balaban J connectivity index is 1.85. The molecule has 0 saturated heterocycles. The standard InChI is InChI=1S/C25H30Cl2N2O2/c26-18-23(30)29(17-16-19-8-4-3-5-9-19)24(20-12-14-21(27)15-13-20)25(31)28-22-10-6-1-2-7-11-22/h3-5,8-9,12-15,22,24H,1-2,6-7,10-11,16-18H2,(H,28,31)/t24-/m1/s1. The van der Waals surface area contributed by atoms with Crippen LogP contribution < -0.4 is 5.32 Å². The van der Waals surface area contributed by atoms with E-state index in [4.69, 9.17) is 23.2 Å². The average molecular weight is 461 g/mol. The van der Waals surface area contributed by atoms with Crippen LogP contribution in [0.5, 0.6) is 0 Å². The lowest BCUT2D eigenvalue weighted by Crippen LogP contribution is -2.47. The molecule has 0 spiro atoms. The van der Waals surface area contributed by atoms with E-state index >= 15 is 0 Å². The van der Waals surface area contributed by atoms with E-state index < -0.39 is 6.04 Å². The van der Waals surface area contributed by atoms with E-state index in [9.17, 15) is 9.59 Å². The quantitative estimate of drug-likeness (QED) is 0.415. The molecule has 4 nitrogen and oxygen atoms in total. The molecule has 166 valence electrons. The maximum Gasteiger partial charge on any atom is 0.247 e. The third-order valence-corrected chi connectivity index (χ3v) is 6.35. The molecule has 1 aliphatic rings. The summed E-state index contributed by atoms with van der Waals surface area (Å²) < 4.78 is 0. The van der Waals surface area contributed by atoms with Gasteiger partial charge in [-0.1, -0.05) is 79.7 Å². The van der Waals surface area contributed by atoms with Crippen molar-refractivity contribution in [2.24, 2.45) is 0 Å². The van der Waals surface area contributed by atoms with Crippen LogP contribution in [0.2, 0.25) is 5.02 Å². The van der Waals surface area contributed by atoms with Crippen molar-refractivity contribution in [2.75, 3.05) is 12.4 Å². The van der Waals surface area contributed by atoms with Crippen LogP contribution in [0.25, 0.3) is 0 Å². The van der Waals surface area contributed by atoms with E-state index in [1.807, 2.05) is 42.5 Å². The van der Waals surface area contributed by atoms with Gasteiger partial charge in [-0.05, 0) is 42.5 Å². The summed E-state index contributed by atoms with van der Waals surface area (Å²) in [7, 11) is 0. The first-order valence-electron chi connectivity index (χ1n) is 11.0. The van der Waals surface area contributed by atoms with Crippen LogP contribution in [0.3, 0.4) is 0 Å². The zero-order chi connectivity index (χ0) is 22.1. The Hall–Kier alpha value is -2.04. The molecule has 2 amide bonds. The highest BCUT2D eigenvalue weighted by Crippen LogP contribution is 2.26. The third-order valence-electron chi connectivity index (χ3n) is 5.87. The topological polar surface area (TPSA) is 49.4 Å². The number of carbonyl (C=O) groups is 2. The van der Waals surface area contributed by atoms with Crippen LogP contribution in [-0.4, -0.2) is 35.2 Å². The first kappa shape index (κ1) is 23.6. The Bertz CT molecular complexity index is 834. The van der Waals surface area contributed by atoms with Crippen molar-refractivity contribution in [3.05, 3.63) is 70.7 Å². The second-order valence-corrected chi connectivity index (χ2v) is 8.81. The van der Waals surface area contributed by atoms with Crippen LogP contribution >= 0.6 is 23.2 Å². The first-order chi connectivity index (χ1) is 15.1. The summed E-state index contributed by atoms with van der Waals surface area (Å²) in [6, 6.07) is 16.5. The van der Waals surface area contributed by atoms with Gasteiger partial charge in [0.15, 0.2) is 0 Å². The Labute approximate surface area is 194 Å². The molecule has 0 bridgehead atoms. The molecule has 1 N–H and O–H groups in total. The Morgan fingerprint density at radius 1 is 0.968 bits per heavy atom. The number of hydrogen-bond donors (Lipinski definition) is 1. The van der Waals surface area contributed by atoms with Gasteiger partial charge < -0.3 is 10.2 Å². The van der Waals surface area contributed by atoms with Crippen molar-refractivity contribution >= 4 is 35.0 Å². The van der Waals surface area contributed by atoms with E-state index in [1.54, 1.807) is 17.0 Å². The van der Waals surface area contributed by atoms with E-state index in [1.165, 1.54) is 12.8 Å². The summed E-state index contributed by atoms with van der Waals surface area (Å²) in [5, 5.41) is 3.81. The van der Waals surface area contributed by atoms with Crippen molar-refractivity contribution in [1.82, 2.24) is 10.2 Å². The van der Waals surface area contributed by atoms with Gasteiger partial charge >= 0.3 is 0 Å². The third kappa shape index (κ3) is 6.98. The molecular formula is C25H30Cl2N2O2. The molecule has 0 aromatic heterocycles. The molecule has 1 fully saturated rings. The van der Waals surface area contributed by atoms with Gasteiger partial charge in [0.2, 0.25) is 11.8 Å². The van der Waals surface area contributed by atoms with Crippen molar-refractivity contribution < 1.29 is 9.59 Å². The average Bonchev–Trinajstić information content (AvgIpc) is 3.06. The lowest BCUT2D eigenvalue weighted by Gasteiger charge is -2.32.